The molecule has 2 amide bonds. The average Bonchev–Trinajstić information content (AvgIpc) is 3.09. The van der Waals surface area contributed by atoms with Gasteiger partial charge in [0.2, 0.25) is 11.8 Å². The number of amides is 2. The second-order valence-corrected chi connectivity index (χ2v) is 11.0. The molecule has 1 unspecified atom stereocenters. The van der Waals surface area contributed by atoms with Crippen LogP contribution in [-0.4, -0.2) is 28.7 Å². The molecule has 1 aliphatic heterocycles. The van der Waals surface area contributed by atoms with Crippen molar-refractivity contribution in [3.63, 3.8) is 0 Å². The van der Waals surface area contributed by atoms with Crippen molar-refractivity contribution in [1.29, 1.82) is 0 Å². The number of likely N-dealkylation sites (tertiary alicyclic amines) is 1. The number of carbonyl (C=O) groups is 2. The average molecular weight is 422 g/mol. The van der Waals surface area contributed by atoms with E-state index in [1.54, 1.807) is 12.4 Å². The summed E-state index contributed by atoms with van der Waals surface area (Å²) < 4.78 is 0. The molecule has 5 rings (SSSR count). The number of nitrogens with zero attached hydrogens (tertiary/aromatic N) is 2. The van der Waals surface area contributed by atoms with Crippen LogP contribution in [0, 0.1) is 34.5 Å². The largest absolute Gasteiger partial charge is 0.324 e. The quantitative estimate of drug-likeness (QED) is 0.730. The molecule has 0 bridgehead atoms. The van der Waals surface area contributed by atoms with Gasteiger partial charge in [-0.1, -0.05) is 19.4 Å². The number of aromatic nitrogens is 1. The summed E-state index contributed by atoms with van der Waals surface area (Å²) in [6.45, 7) is 7.03. The van der Waals surface area contributed by atoms with Gasteiger partial charge in [-0.25, -0.2) is 0 Å². The van der Waals surface area contributed by atoms with Gasteiger partial charge in [0.15, 0.2) is 0 Å². The lowest BCUT2D eigenvalue weighted by molar-refractivity contribution is -0.137. The predicted octanol–water partition coefficient (Wildman–Crippen LogP) is 5.02. The number of anilines is 1. The zero-order valence-electron chi connectivity index (χ0n) is 19.3. The van der Waals surface area contributed by atoms with Gasteiger partial charge in [0.1, 0.15) is 0 Å². The number of fused-ring (bicyclic) bond motifs is 5. The summed E-state index contributed by atoms with van der Waals surface area (Å²) in [5.41, 5.74) is 3.63. The van der Waals surface area contributed by atoms with Crippen molar-refractivity contribution in [2.75, 3.05) is 12.4 Å². The Morgan fingerprint density at radius 1 is 1.19 bits per heavy atom. The third kappa shape index (κ3) is 2.99. The molecular weight excluding hydrogens is 386 g/mol. The molecule has 2 heterocycles. The molecule has 31 heavy (non-hydrogen) atoms. The highest BCUT2D eigenvalue weighted by atomic mass is 16.2. The molecule has 1 aromatic rings. The second-order valence-electron chi connectivity index (χ2n) is 11.0. The molecule has 4 aliphatic rings. The van der Waals surface area contributed by atoms with Crippen LogP contribution in [0.3, 0.4) is 0 Å². The smallest absolute Gasteiger partial charge is 0.228 e. The Kier molecular flexibility index (Phi) is 4.80. The normalized spacial score (nSPS) is 39.6. The van der Waals surface area contributed by atoms with Gasteiger partial charge in [-0.2, -0.15) is 0 Å². The van der Waals surface area contributed by atoms with Gasteiger partial charge in [-0.15, -0.1) is 0 Å². The Hall–Kier alpha value is -2.17. The van der Waals surface area contributed by atoms with E-state index in [0.717, 1.165) is 44.2 Å². The van der Waals surface area contributed by atoms with E-state index >= 15 is 0 Å². The van der Waals surface area contributed by atoms with Crippen molar-refractivity contribution < 1.29 is 9.59 Å². The number of nitrogens with one attached hydrogen (secondary N) is 1. The van der Waals surface area contributed by atoms with Gasteiger partial charge in [-0.3, -0.25) is 14.6 Å². The highest BCUT2D eigenvalue weighted by Crippen LogP contribution is 2.66. The van der Waals surface area contributed by atoms with Gasteiger partial charge in [0.05, 0.1) is 11.9 Å². The number of carbonyl (C=O) groups excluding carboxylic acids is 2. The number of pyridine rings is 1. The minimum Gasteiger partial charge on any atom is -0.324 e. The molecule has 3 aliphatic carbocycles. The summed E-state index contributed by atoms with van der Waals surface area (Å²) in [4.78, 5) is 31.8. The predicted molar refractivity (Wildman–Crippen MR) is 121 cm³/mol. The van der Waals surface area contributed by atoms with E-state index in [2.05, 4.69) is 31.1 Å². The molecule has 2 saturated carbocycles. The first kappa shape index (κ1) is 20.7. The summed E-state index contributed by atoms with van der Waals surface area (Å²) in [6, 6.07) is 3.77. The first-order chi connectivity index (χ1) is 14.8. The Balaban J connectivity index is 1.43. The maximum Gasteiger partial charge on any atom is 0.228 e. The van der Waals surface area contributed by atoms with E-state index in [1.807, 2.05) is 24.1 Å². The first-order valence-electron chi connectivity index (χ1n) is 11.9. The summed E-state index contributed by atoms with van der Waals surface area (Å²) in [5.74, 6) is 2.29. The fourth-order valence-corrected chi connectivity index (χ4v) is 8.21. The Morgan fingerprint density at radius 3 is 2.74 bits per heavy atom. The third-order valence-corrected chi connectivity index (χ3v) is 9.56. The van der Waals surface area contributed by atoms with Crippen LogP contribution in [-0.2, 0) is 9.59 Å². The van der Waals surface area contributed by atoms with E-state index in [9.17, 15) is 9.59 Å². The fourth-order valence-electron chi connectivity index (χ4n) is 8.21. The van der Waals surface area contributed by atoms with Crippen LogP contribution < -0.4 is 5.32 Å². The van der Waals surface area contributed by atoms with Crippen LogP contribution in [0.15, 0.2) is 35.8 Å². The van der Waals surface area contributed by atoms with E-state index in [4.69, 9.17) is 0 Å². The minimum atomic E-state index is 0.0536. The van der Waals surface area contributed by atoms with Crippen molar-refractivity contribution in [3.05, 3.63) is 35.8 Å². The minimum absolute atomic E-state index is 0.0536. The van der Waals surface area contributed by atoms with Crippen molar-refractivity contribution >= 4 is 17.5 Å². The Morgan fingerprint density at radius 2 is 2.00 bits per heavy atom. The van der Waals surface area contributed by atoms with Crippen molar-refractivity contribution in [3.8, 4) is 0 Å². The number of piperidine rings is 1. The van der Waals surface area contributed by atoms with Crippen molar-refractivity contribution in [1.82, 2.24) is 9.88 Å². The first-order valence-corrected chi connectivity index (χ1v) is 11.9. The molecule has 6 atom stereocenters. The summed E-state index contributed by atoms with van der Waals surface area (Å²) in [6.07, 6.45) is 10.5. The maximum atomic E-state index is 13.3. The molecule has 3 fully saturated rings. The third-order valence-electron chi connectivity index (χ3n) is 9.56. The molecule has 5 heteroatoms. The molecule has 1 saturated heterocycles. The summed E-state index contributed by atoms with van der Waals surface area (Å²) >= 11 is 0. The number of allylic oxidation sites excluding steroid dienone is 2. The van der Waals surface area contributed by atoms with Crippen LogP contribution in [0.25, 0.3) is 0 Å². The van der Waals surface area contributed by atoms with Crippen molar-refractivity contribution in [2.24, 2.45) is 34.5 Å². The molecule has 5 nitrogen and oxygen atoms in total. The molecule has 1 aromatic heterocycles. The lowest BCUT2D eigenvalue weighted by Crippen LogP contribution is -2.54. The molecule has 0 spiro atoms. The van der Waals surface area contributed by atoms with Gasteiger partial charge in [-0.05, 0) is 80.8 Å². The highest BCUT2D eigenvalue weighted by molar-refractivity contribution is 5.93. The van der Waals surface area contributed by atoms with Gasteiger partial charge in [0, 0.05) is 36.7 Å². The van der Waals surface area contributed by atoms with Crippen LogP contribution in [0.1, 0.15) is 65.7 Å². The number of hydrogen-bond donors (Lipinski definition) is 1. The molecule has 0 radical (unpaired) electrons. The van der Waals surface area contributed by atoms with E-state index < -0.39 is 0 Å². The molecule has 0 aromatic carbocycles. The van der Waals surface area contributed by atoms with Crippen LogP contribution in [0.5, 0.6) is 0 Å². The fraction of sp³-hybridized carbons (Fsp3) is 0.654. The summed E-state index contributed by atoms with van der Waals surface area (Å²) in [5, 5.41) is 3.13. The lowest BCUT2D eigenvalue weighted by Gasteiger charge is -2.59. The molecule has 166 valence electrons. The summed E-state index contributed by atoms with van der Waals surface area (Å²) in [7, 11) is 1.97. The van der Waals surface area contributed by atoms with Gasteiger partial charge in [0.25, 0.3) is 0 Å². The van der Waals surface area contributed by atoms with Crippen LogP contribution in [0.2, 0.25) is 0 Å². The second kappa shape index (κ2) is 7.18. The van der Waals surface area contributed by atoms with Crippen molar-refractivity contribution in [2.45, 2.75) is 65.7 Å². The van der Waals surface area contributed by atoms with Crippen LogP contribution in [0.4, 0.5) is 5.69 Å². The lowest BCUT2D eigenvalue weighted by atomic mass is 9.48. The Labute approximate surface area is 185 Å². The SMILES string of the molecule is CC1=C2N(C)C(=O)CC[C@]2(C)[C@@H]2CC[C@]3(C)C(C(=O)Nc4cccnc4)CC[C@H]3[C@@H]2C1. The van der Waals surface area contributed by atoms with Crippen LogP contribution >= 0.6 is 0 Å². The topological polar surface area (TPSA) is 62.3 Å². The number of hydrogen-bond acceptors (Lipinski definition) is 3. The monoisotopic (exact) mass is 421 g/mol. The standard InChI is InChI=1S/C26H35N3O2/c1-16-14-18-19-7-8-21(24(31)28-17-6-5-13-27-15-17)25(19,2)11-9-20(18)26(3)12-10-22(30)29(4)23(16)26/h5-6,13,15,18-21H,7-12,14H2,1-4H3,(H,28,31)/t18-,19-,20+,21?,25-,26+/m0/s1. The van der Waals surface area contributed by atoms with Gasteiger partial charge >= 0.3 is 0 Å². The van der Waals surface area contributed by atoms with Gasteiger partial charge < -0.3 is 10.2 Å². The van der Waals surface area contributed by atoms with E-state index in [-0.39, 0.29) is 28.6 Å². The molecule has 1 N–H and O–H groups in total. The zero-order valence-corrected chi connectivity index (χ0v) is 19.3. The zero-order chi connectivity index (χ0) is 22.0. The number of rotatable bonds is 2. The van der Waals surface area contributed by atoms with E-state index in [1.165, 1.54) is 11.3 Å². The molecular formula is C26H35N3O2. The van der Waals surface area contributed by atoms with E-state index in [0.29, 0.717) is 24.2 Å². The maximum absolute atomic E-state index is 13.3. The Bertz CT molecular complexity index is 941. The highest BCUT2D eigenvalue weighted by Gasteiger charge is 2.61.